The average Bonchev–Trinajstić information content (AvgIpc) is 2.71. The lowest BCUT2D eigenvalue weighted by Gasteiger charge is -2.08. The summed E-state index contributed by atoms with van der Waals surface area (Å²) in [7, 11) is 0. The van der Waals surface area contributed by atoms with E-state index in [9.17, 15) is 13.2 Å². The maximum Gasteiger partial charge on any atom is 0.418 e. The summed E-state index contributed by atoms with van der Waals surface area (Å²) in [4.78, 5) is 0. The number of aryl methyl sites for hydroxylation is 1. The fourth-order valence-corrected chi connectivity index (χ4v) is 2.24. The van der Waals surface area contributed by atoms with Crippen molar-refractivity contribution in [1.82, 2.24) is 9.78 Å². The number of thiol groups is 1. The van der Waals surface area contributed by atoms with Gasteiger partial charge in [0.2, 0.25) is 0 Å². The lowest BCUT2D eigenvalue weighted by molar-refractivity contribution is -0.137. The third kappa shape index (κ3) is 3.36. The van der Waals surface area contributed by atoms with Gasteiger partial charge in [-0.2, -0.15) is 18.3 Å². The number of benzene rings is 1. The molecule has 2 aromatic rings. The topological polar surface area (TPSA) is 42.5 Å². The van der Waals surface area contributed by atoms with Crippen LogP contribution in [0.2, 0.25) is 0 Å². The van der Waals surface area contributed by atoms with Crippen molar-refractivity contribution in [2.24, 2.45) is 10.2 Å². The minimum absolute atomic E-state index is 0.220. The monoisotopic (exact) mass is 344 g/mol. The van der Waals surface area contributed by atoms with Crippen molar-refractivity contribution >= 4 is 40.5 Å². The lowest BCUT2D eigenvalue weighted by Crippen LogP contribution is -2.05. The molecule has 22 heavy (non-hydrogen) atoms. The average molecular weight is 344 g/mol. The Morgan fingerprint density at radius 2 is 1.86 bits per heavy atom. The van der Waals surface area contributed by atoms with Crippen molar-refractivity contribution < 1.29 is 13.2 Å². The molecule has 116 valence electrons. The number of hydrogen-bond acceptors (Lipinski definition) is 4. The van der Waals surface area contributed by atoms with Gasteiger partial charge in [-0.1, -0.05) is 24.4 Å². The normalized spacial score (nSPS) is 12.1. The molecule has 4 nitrogen and oxygen atoms in total. The number of thiocarbonyl (C=S) groups is 1. The van der Waals surface area contributed by atoms with Gasteiger partial charge in [-0.15, -0.1) is 22.9 Å². The summed E-state index contributed by atoms with van der Waals surface area (Å²) in [6, 6.07) is 4.98. The molecule has 0 N–H and O–H groups in total. The van der Waals surface area contributed by atoms with E-state index >= 15 is 0 Å². The Morgan fingerprint density at radius 3 is 2.41 bits per heavy atom. The number of aromatic nitrogens is 2. The van der Waals surface area contributed by atoms with E-state index in [1.807, 2.05) is 0 Å². The van der Waals surface area contributed by atoms with Crippen LogP contribution in [-0.2, 0) is 6.18 Å². The second-order valence-electron chi connectivity index (χ2n) is 4.43. The molecule has 9 heteroatoms. The minimum Gasteiger partial charge on any atom is -0.218 e. The van der Waals surface area contributed by atoms with Gasteiger partial charge in [0.05, 0.1) is 22.6 Å². The number of rotatable bonds is 2. The van der Waals surface area contributed by atoms with Crippen LogP contribution in [0.15, 0.2) is 34.5 Å². The van der Waals surface area contributed by atoms with Gasteiger partial charge in [0.1, 0.15) is 5.69 Å². The first-order chi connectivity index (χ1) is 10.2. The molecule has 1 heterocycles. The van der Waals surface area contributed by atoms with Gasteiger partial charge in [-0.25, -0.2) is 4.68 Å². The van der Waals surface area contributed by atoms with E-state index in [1.54, 1.807) is 13.8 Å². The molecule has 0 spiro atoms. The third-order valence-electron chi connectivity index (χ3n) is 2.90. The predicted octanol–water partition coefficient (Wildman–Crippen LogP) is 5.00. The van der Waals surface area contributed by atoms with Gasteiger partial charge in [0, 0.05) is 0 Å². The van der Waals surface area contributed by atoms with E-state index in [2.05, 4.69) is 28.0 Å². The van der Waals surface area contributed by atoms with Crippen molar-refractivity contribution in [2.75, 3.05) is 0 Å². The van der Waals surface area contributed by atoms with Gasteiger partial charge in [-0.05, 0) is 26.0 Å². The molecule has 0 unspecified atom stereocenters. The third-order valence-corrected chi connectivity index (χ3v) is 3.26. The van der Waals surface area contributed by atoms with Crippen molar-refractivity contribution in [3.05, 3.63) is 41.2 Å². The van der Waals surface area contributed by atoms with Gasteiger partial charge in [0.25, 0.3) is 0 Å². The summed E-state index contributed by atoms with van der Waals surface area (Å²) in [5, 5.41) is 11.7. The molecule has 0 aliphatic heterocycles. The van der Waals surface area contributed by atoms with Crippen molar-refractivity contribution in [1.29, 1.82) is 0 Å². The SMILES string of the molecule is Cc1nn(C(=S)S)c(C)c1N=Nc1ccccc1C(F)(F)F. The van der Waals surface area contributed by atoms with Gasteiger partial charge < -0.3 is 0 Å². The quantitative estimate of drug-likeness (QED) is 0.473. The molecule has 2 rings (SSSR count). The van der Waals surface area contributed by atoms with E-state index in [1.165, 1.54) is 22.9 Å². The first-order valence-electron chi connectivity index (χ1n) is 6.09. The van der Waals surface area contributed by atoms with Crippen molar-refractivity contribution in [3.8, 4) is 0 Å². The molecule has 1 aromatic heterocycles. The molecular formula is C13H11F3N4S2. The van der Waals surface area contributed by atoms with Crippen LogP contribution < -0.4 is 0 Å². The lowest BCUT2D eigenvalue weighted by atomic mass is 10.2. The molecular weight excluding hydrogens is 333 g/mol. The number of alkyl halides is 3. The Labute approximate surface area is 135 Å². The molecule has 0 saturated heterocycles. The van der Waals surface area contributed by atoms with Crippen molar-refractivity contribution in [2.45, 2.75) is 20.0 Å². The van der Waals surface area contributed by atoms with E-state index in [0.29, 0.717) is 17.1 Å². The fraction of sp³-hybridized carbons (Fsp3) is 0.231. The van der Waals surface area contributed by atoms with Gasteiger partial charge in [0.15, 0.2) is 4.32 Å². The first kappa shape index (κ1) is 16.6. The van der Waals surface area contributed by atoms with Crippen LogP contribution in [0.1, 0.15) is 17.0 Å². The highest BCUT2D eigenvalue weighted by molar-refractivity contribution is 8.11. The molecule has 0 bridgehead atoms. The summed E-state index contributed by atoms with van der Waals surface area (Å²) in [5.74, 6) is 0. The summed E-state index contributed by atoms with van der Waals surface area (Å²) >= 11 is 8.93. The molecule has 0 radical (unpaired) electrons. The molecule has 0 atom stereocenters. The van der Waals surface area contributed by atoms with E-state index in [0.717, 1.165) is 6.07 Å². The highest BCUT2D eigenvalue weighted by Gasteiger charge is 2.33. The number of halogens is 3. The zero-order valence-electron chi connectivity index (χ0n) is 11.6. The smallest absolute Gasteiger partial charge is 0.218 e. The standard InChI is InChI=1S/C13H11F3N4S2/c1-7-11(8(2)20(19-7)12(21)22)18-17-10-6-4-3-5-9(10)13(14,15)16/h3-6H,1-2H3,(H,21,22). The Balaban J connectivity index is 2.45. The summed E-state index contributed by atoms with van der Waals surface area (Å²) in [6.45, 7) is 3.35. The van der Waals surface area contributed by atoms with Crippen LogP contribution in [-0.4, -0.2) is 14.1 Å². The maximum absolute atomic E-state index is 12.9. The highest BCUT2D eigenvalue weighted by atomic mass is 32.1. The van der Waals surface area contributed by atoms with Crippen LogP contribution in [0.25, 0.3) is 0 Å². The molecule has 0 aliphatic carbocycles. The van der Waals surface area contributed by atoms with E-state index in [4.69, 9.17) is 12.2 Å². The van der Waals surface area contributed by atoms with Crippen LogP contribution in [0.4, 0.5) is 24.5 Å². The Morgan fingerprint density at radius 1 is 1.23 bits per heavy atom. The molecule has 0 amide bonds. The number of azo groups is 1. The summed E-state index contributed by atoms with van der Waals surface area (Å²) in [6.07, 6.45) is -4.49. The second kappa shape index (κ2) is 6.17. The van der Waals surface area contributed by atoms with Crippen LogP contribution in [0.3, 0.4) is 0 Å². The zero-order chi connectivity index (χ0) is 16.5. The molecule has 1 aromatic carbocycles. The maximum atomic E-state index is 12.9. The predicted molar refractivity (Wildman–Crippen MR) is 84.3 cm³/mol. The molecule has 0 saturated carbocycles. The highest BCUT2D eigenvalue weighted by Crippen LogP contribution is 2.37. The molecule has 0 fully saturated rings. The summed E-state index contributed by atoms with van der Waals surface area (Å²) < 4.78 is 40.3. The summed E-state index contributed by atoms with van der Waals surface area (Å²) in [5.41, 5.74) is 0.336. The van der Waals surface area contributed by atoms with Crippen LogP contribution >= 0.6 is 24.8 Å². The fourth-order valence-electron chi connectivity index (χ4n) is 1.87. The zero-order valence-corrected chi connectivity index (χ0v) is 13.3. The van der Waals surface area contributed by atoms with Gasteiger partial charge in [-0.3, -0.25) is 0 Å². The molecule has 0 aliphatic rings. The Hall–Kier alpha value is -1.74. The minimum atomic E-state index is -4.49. The second-order valence-corrected chi connectivity index (χ2v) is 5.54. The first-order valence-corrected chi connectivity index (χ1v) is 6.95. The van der Waals surface area contributed by atoms with Gasteiger partial charge >= 0.3 is 6.18 Å². The Kier molecular flexibility index (Phi) is 4.66. The number of nitrogens with zero attached hydrogens (tertiary/aromatic N) is 4. The van der Waals surface area contributed by atoms with E-state index < -0.39 is 11.7 Å². The largest absolute Gasteiger partial charge is 0.418 e. The van der Waals surface area contributed by atoms with Crippen LogP contribution in [0.5, 0.6) is 0 Å². The van der Waals surface area contributed by atoms with Crippen molar-refractivity contribution in [3.63, 3.8) is 0 Å². The van der Waals surface area contributed by atoms with E-state index in [-0.39, 0.29) is 10.0 Å². The van der Waals surface area contributed by atoms with Crippen LogP contribution in [0, 0.1) is 13.8 Å². The Bertz CT molecular complexity index is 750. The number of hydrogen-bond donors (Lipinski definition) is 1.